The SMILES string of the molecule is Cc1cnc(C)c(-c2ccc(C(=O)N3CCCC(c4n[nH]c(C)n4)C3)cc2)n1. The Labute approximate surface area is 164 Å². The maximum Gasteiger partial charge on any atom is 0.253 e. The van der Waals surface area contributed by atoms with Crippen LogP contribution >= 0.6 is 0 Å². The van der Waals surface area contributed by atoms with E-state index in [9.17, 15) is 4.79 Å². The molecule has 1 aliphatic heterocycles. The molecular formula is C21H24N6O. The molecule has 3 heterocycles. The van der Waals surface area contributed by atoms with Gasteiger partial charge in [0.25, 0.3) is 5.91 Å². The molecule has 0 bridgehead atoms. The number of carbonyl (C=O) groups is 1. The molecule has 4 rings (SSSR count). The lowest BCUT2D eigenvalue weighted by Crippen LogP contribution is -2.39. The van der Waals surface area contributed by atoms with E-state index in [-0.39, 0.29) is 11.8 Å². The van der Waals surface area contributed by atoms with Crippen molar-refractivity contribution in [2.75, 3.05) is 13.1 Å². The number of H-pyrrole nitrogens is 1. The number of amides is 1. The Kier molecular flexibility index (Phi) is 4.90. The number of hydrogen-bond donors (Lipinski definition) is 1. The first-order valence-corrected chi connectivity index (χ1v) is 9.60. The molecule has 1 atom stereocenters. The molecule has 1 amide bonds. The standard InChI is InChI=1S/C21H24N6O/c1-13-11-22-14(2)19(23-13)16-6-8-17(9-7-16)21(28)27-10-4-5-18(12-27)20-24-15(3)25-26-20/h6-9,11,18H,4-5,10,12H2,1-3H3,(H,24,25,26). The van der Waals surface area contributed by atoms with Gasteiger partial charge in [0, 0.05) is 36.3 Å². The lowest BCUT2D eigenvalue weighted by Gasteiger charge is -2.31. The molecule has 0 radical (unpaired) electrons. The lowest BCUT2D eigenvalue weighted by molar-refractivity contribution is 0.0704. The van der Waals surface area contributed by atoms with Crippen LogP contribution in [0.5, 0.6) is 0 Å². The van der Waals surface area contributed by atoms with Gasteiger partial charge in [0.2, 0.25) is 0 Å². The van der Waals surface area contributed by atoms with Gasteiger partial charge in [0.05, 0.1) is 17.1 Å². The summed E-state index contributed by atoms with van der Waals surface area (Å²) in [6.07, 6.45) is 3.73. The van der Waals surface area contributed by atoms with Crippen molar-refractivity contribution < 1.29 is 4.79 Å². The van der Waals surface area contributed by atoms with Crippen LogP contribution in [0.25, 0.3) is 11.3 Å². The average molecular weight is 376 g/mol. The monoisotopic (exact) mass is 376 g/mol. The number of hydrogen-bond acceptors (Lipinski definition) is 5. The largest absolute Gasteiger partial charge is 0.338 e. The van der Waals surface area contributed by atoms with Crippen LogP contribution in [-0.2, 0) is 0 Å². The minimum absolute atomic E-state index is 0.0514. The molecular weight excluding hydrogens is 352 g/mol. The molecule has 144 valence electrons. The summed E-state index contributed by atoms with van der Waals surface area (Å²) in [7, 11) is 0. The topological polar surface area (TPSA) is 87.7 Å². The van der Waals surface area contributed by atoms with Crippen molar-refractivity contribution in [3.8, 4) is 11.3 Å². The van der Waals surface area contributed by atoms with E-state index in [0.29, 0.717) is 12.1 Å². The van der Waals surface area contributed by atoms with Crippen molar-refractivity contribution in [1.82, 2.24) is 30.0 Å². The molecule has 1 fully saturated rings. The number of carbonyl (C=O) groups excluding carboxylic acids is 1. The van der Waals surface area contributed by atoms with Gasteiger partial charge in [-0.1, -0.05) is 12.1 Å². The first-order chi connectivity index (χ1) is 13.5. The third-order valence-electron chi connectivity index (χ3n) is 5.17. The number of nitrogens with one attached hydrogen (secondary N) is 1. The van der Waals surface area contributed by atoms with Gasteiger partial charge in [0.1, 0.15) is 5.82 Å². The number of aryl methyl sites for hydroxylation is 3. The number of aromatic amines is 1. The number of aromatic nitrogens is 5. The van der Waals surface area contributed by atoms with Crippen LogP contribution in [-0.4, -0.2) is 49.0 Å². The van der Waals surface area contributed by atoms with Crippen molar-refractivity contribution in [2.24, 2.45) is 0 Å². The number of piperidine rings is 1. The Bertz CT molecular complexity index is 994. The highest BCUT2D eigenvalue weighted by molar-refractivity contribution is 5.94. The van der Waals surface area contributed by atoms with Gasteiger partial charge in [-0.2, -0.15) is 5.10 Å². The van der Waals surface area contributed by atoms with E-state index in [4.69, 9.17) is 0 Å². The smallest absolute Gasteiger partial charge is 0.253 e. The summed E-state index contributed by atoms with van der Waals surface area (Å²) < 4.78 is 0. The molecule has 1 unspecified atom stereocenters. The first-order valence-electron chi connectivity index (χ1n) is 9.60. The quantitative estimate of drug-likeness (QED) is 0.758. The third-order valence-corrected chi connectivity index (χ3v) is 5.17. The van der Waals surface area contributed by atoms with Crippen molar-refractivity contribution in [3.05, 3.63) is 59.1 Å². The lowest BCUT2D eigenvalue weighted by atomic mass is 9.96. The Hall–Kier alpha value is -3.09. The predicted octanol–water partition coefficient (Wildman–Crippen LogP) is 3.21. The summed E-state index contributed by atoms with van der Waals surface area (Å²) in [4.78, 5) is 28.3. The van der Waals surface area contributed by atoms with E-state index in [1.165, 1.54) is 0 Å². The summed E-state index contributed by atoms with van der Waals surface area (Å²) in [6, 6.07) is 7.65. The van der Waals surface area contributed by atoms with Crippen molar-refractivity contribution >= 4 is 5.91 Å². The Morgan fingerprint density at radius 2 is 1.93 bits per heavy atom. The van der Waals surface area contributed by atoms with Crippen LogP contribution in [0, 0.1) is 20.8 Å². The molecule has 7 heteroatoms. The fraction of sp³-hybridized carbons (Fsp3) is 0.381. The van der Waals surface area contributed by atoms with Gasteiger partial charge in [-0.25, -0.2) is 9.97 Å². The molecule has 0 saturated carbocycles. The molecule has 2 aromatic heterocycles. The Balaban J connectivity index is 1.51. The van der Waals surface area contributed by atoms with Gasteiger partial charge in [0.15, 0.2) is 5.82 Å². The molecule has 0 spiro atoms. The minimum atomic E-state index is 0.0514. The highest BCUT2D eigenvalue weighted by atomic mass is 16.2. The van der Waals surface area contributed by atoms with E-state index < -0.39 is 0 Å². The number of likely N-dealkylation sites (tertiary alicyclic amines) is 1. The minimum Gasteiger partial charge on any atom is -0.338 e. The summed E-state index contributed by atoms with van der Waals surface area (Å²) in [5, 5.41) is 7.18. The van der Waals surface area contributed by atoms with Crippen LogP contribution in [0.1, 0.15) is 52.2 Å². The van der Waals surface area contributed by atoms with Crippen LogP contribution in [0.2, 0.25) is 0 Å². The molecule has 0 aliphatic carbocycles. The maximum atomic E-state index is 13.0. The number of rotatable bonds is 3. The summed E-state index contributed by atoms with van der Waals surface area (Å²) in [5.41, 5.74) is 4.27. The maximum absolute atomic E-state index is 13.0. The van der Waals surface area contributed by atoms with Gasteiger partial charge in [-0.15, -0.1) is 0 Å². The fourth-order valence-corrected chi connectivity index (χ4v) is 3.68. The van der Waals surface area contributed by atoms with Gasteiger partial charge >= 0.3 is 0 Å². The zero-order valence-corrected chi connectivity index (χ0v) is 16.4. The Morgan fingerprint density at radius 3 is 2.64 bits per heavy atom. The van der Waals surface area contributed by atoms with Gasteiger partial charge in [-0.3, -0.25) is 14.9 Å². The van der Waals surface area contributed by atoms with Crippen molar-refractivity contribution in [3.63, 3.8) is 0 Å². The van der Waals surface area contributed by atoms with Crippen molar-refractivity contribution in [2.45, 2.75) is 39.5 Å². The predicted molar refractivity (Wildman–Crippen MR) is 106 cm³/mol. The van der Waals surface area contributed by atoms with Crippen LogP contribution in [0.15, 0.2) is 30.5 Å². The highest BCUT2D eigenvalue weighted by Crippen LogP contribution is 2.26. The molecule has 1 aliphatic rings. The molecule has 1 saturated heterocycles. The zero-order valence-electron chi connectivity index (χ0n) is 16.4. The second-order valence-corrected chi connectivity index (χ2v) is 7.39. The summed E-state index contributed by atoms with van der Waals surface area (Å²) in [5.74, 6) is 1.85. The molecule has 7 nitrogen and oxygen atoms in total. The fourth-order valence-electron chi connectivity index (χ4n) is 3.68. The molecule has 3 aromatic rings. The van der Waals surface area contributed by atoms with E-state index in [0.717, 1.165) is 53.7 Å². The normalized spacial score (nSPS) is 17.0. The second kappa shape index (κ2) is 7.50. The first kappa shape index (κ1) is 18.3. The third kappa shape index (κ3) is 3.65. The van der Waals surface area contributed by atoms with E-state index >= 15 is 0 Å². The highest BCUT2D eigenvalue weighted by Gasteiger charge is 2.27. The molecule has 1 N–H and O–H groups in total. The van der Waals surface area contributed by atoms with E-state index in [2.05, 4.69) is 25.1 Å². The summed E-state index contributed by atoms with van der Waals surface area (Å²) >= 11 is 0. The average Bonchev–Trinajstić information content (AvgIpc) is 3.16. The van der Waals surface area contributed by atoms with E-state index in [1.54, 1.807) is 6.20 Å². The van der Waals surface area contributed by atoms with Gasteiger partial charge in [-0.05, 0) is 45.7 Å². The van der Waals surface area contributed by atoms with E-state index in [1.807, 2.05) is 49.9 Å². The van der Waals surface area contributed by atoms with Gasteiger partial charge < -0.3 is 4.90 Å². The number of nitrogens with zero attached hydrogens (tertiary/aromatic N) is 5. The summed E-state index contributed by atoms with van der Waals surface area (Å²) in [6.45, 7) is 7.18. The van der Waals surface area contributed by atoms with Crippen LogP contribution in [0.4, 0.5) is 0 Å². The molecule has 28 heavy (non-hydrogen) atoms. The second-order valence-electron chi connectivity index (χ2n) is 7.39. The van der Waals surface area contributed by atoms with Crippen molar-refractivity contribution in [1.29, 1.82) is 0 Å². The molecule has 1 aromatic carbocycles. The van der Waals surface area contributed by atoms with Crippen LogP contribution in [0.3, 0.4) is 0 Å². The van der Waals surface area contributed by atoms with Crippen LogP contribution < -0.4 is 0 Å². The zero-order chi connectivity index (χ0) is 19.7. The Morgan fingerprint density at radius 1 is 1.14 bits per heavy atom. The number of benzene rings is 1.